The molecule has 1 saturated heterocycles. The van der Waals surface area contributed by atoms with Crippen molar-refractivity contribution in [2.45, 2.75) is 19.9 Å². The summed E-state index contributed by atoms with van der Waals surface area (Å²) in [6.07, 6.45) is 0. The van der Waals surface area contributed by atoms with Crippen molar-refractivity contribution in [3.05, 3.63) is 46.8 Å². The summed E-state index contributed by atoms with van der Waals surface area (Å²) in [7, 11) is 0. The Bertz CT molecular complexity index is 862. The maximum Gasteiger partial charge on any atom is 0.292 e. The summed E-state index contributed by atoms with van der Waals surface area (Å²) < 4.78 is 6.31. The van der Waals surface area contributed by atoms with E-state index >= 15 is 0 Å². The molecule has 7 heteroatoms. The monoisotopic (exact) mass is 356 g/mol. The summed E-state index contributed by atoms with van der Waals surface area (Å²) in [5.41, 5.74) is 1.79. The molecule has 3 heterocycles. The highest BCUT2D eigenvalue weighted by atomic mass is 32.1. The standard InChI is InChI=1S/C18H20N4O2S/c1-12-11-15(24-20-12)18(23)22-9-7-21(8-10-22)13(2)17-19-14-5-3-4-6-16(14)25-17/h3-6,11,13H,7-10H2,1-2H3/t13-/m1/s1. The molecule has 1 amide bonds. The molecule has 1 aliphatic heterocycles. The van der Waals surface area contributed by atoms with Crippen LogP contribution >= 0.6 is 11.3 Å². The minimum atomic E-state index is -0.0760. The number of piperazine rings is 1. The average molecular weight is 356 g/mol. The number of para-hydroxylation sites is 1. The van der Waals surface area contributed by atoms with Crippen LogP contribution in [0.5, 0.6) is 0 Å². The quantitative estimate of drug-likeness (QED) is 0.721. The lowest BCUT2D eigenvalue weighted by molar-refractivity contribution is 0.0544. The Morgan fingerprint density at radius 2 is 2.00 bits per heavy atom. The third-order valence-corrected chi connectivity index (χ3v) is 5.86. The molecule has 25 heavy (non-hydrogen) atoms. The predicted octanol–water partition coefficient (Wildman–Crippen LogP) is 3.11. The van der Waals surface area contributed by atoms with E-state index in [9.17, 15) is 4.79 Å². The number of carbonyl (C=O) groups is 1. The molecule has 1 fully saturated rings. The Hall–Kier alpha value is -2.25. The molecule has 1 aromatic carbocycles. The normalized spacial score (nSPS) is 17.1. The molecule has 3 aromatic rings. The first-order chi connectivity index (χ1) is 12.1. The Balaban J connectivity index is 1.41. The summed E-state index contributed by atoms with van der Waals surface area (Å²) in [4.78, 5) is 21.4. The number of aromatic nitrogens is 2. The fourth-order valence-corrected chi connectivity index (χ4v) is 4.21. The fraction of sp³-hybridized carbons (Fsp3) is 0.389. The first-order valence-corrected chi connectivity index (χ1v) is 9.25. The van der Waals surface area contributed by atoms with Gasteiger partial charge in [-0.2, -0.15) is 0 Å². The third kappa shape index (κ3) is 3.17. The van der Waals surface area contributed by atoms with Crippen molar-refractivity contribution in [2.75, 3.05) is 26.2 Å². The van der Waals surface area contributed by atoms with Gasteiger partial charge in [0.25, 0.3) is 5.91 Å². The van der Waals surface area contributed by atoms with Gasteiger partial charge in [0.2, 0.25) is 5.76 Å². The van der Waals surface area contributed by atoms with Crippen molar-refractivity contribution < 1.29 is 9.32 Å². The second-order valence-electron chi connectivity index (χ2n) is 6.36. The number of hydrogen-bond donors (Lipinski definition) is 0. The van der Waals surface area contributed by atoms with E-state index < -0.39 is 0 Å². The predicted molar refractivity (Wildman–Crippen MR) is 96.8 cm³/mol. The van der Waals surface area contributed by atoms with Crippen LogP contribution in [0.1, 0.15) is 34.2 Å². The minimum absolute atomic E-state index is 0.0760. The van der Waals surface area contributed by atoms with E-state index in [0.29, 0.717) is 18.8 Å². The Morgan fingerprint density at radius 1 is 1.24 bits per heavy atom. The number of benzene rings is 1. The number of rotatable bonds is 3. The molecule has 0 unspecified atom stereocenters. The van der Waals surface area contributed by atoms with Crippen molar-refractivity contribution in [3.8, 4) is 0 Å². The van der Waals surface area contributed by atoms with Crippen molar-refractivity contribution in [1.82, 2.24) is 19.9 Å². The van der Waals surface area contributed by atoms with Crippen molar-refractivity contribution in [3.63, 3.8) is 0 Å². The van der Waals surface area contributed by atoms with Gasteiger partial charge in [0.1, 0.15) is 5.01 Å². The summed E-state index contributed by atoms with van der Waals surface area (Å²) in [6.45, 7) is 7.04. The van der Waals surface area contributed by atoms with Gasteiger partial charge in [-0.3, -0.25) is 9.69 Å². The molecule has 6 nitrogen and oxygen atoms in total. The second kappa shape index (κ2) is 6.57. The SMILES string of the molecule is Cc1cc(C(=O)N2CCN([C@H](C)c3nc4ccccc4s3)CC2)on1. The van der Waals surface area contributed by atoms with Crippen LogP contribution in [0.15, 0.2) is 34.9 Å². The molecule has 0 radical (unpaired) electrons. The number of fused-ring (bicyclic) bond motifs is 1. The lowest BCUT2D eigenvalue weighted by atomic mass is 10.2. The summed E-state index contributed by atoms with van der Waals surface area (Å²) in [5.74, 6) is 0.248. The highest BCUT2D eigenvalue weighted by Gasteiger charge is 2.28. The molecule has 0 spiro atoms. The number of thiazole rings is 1. The lowest BCUT2D eigenvalue weighted by Crippen LogP contribution is -2.49. The average Bonchev–Trinajstić information content (AvgIpc) is 3.26. The maximum absolute atomic E-state index is 12.4. The highest BCUT2D eigenvalue weighted by Crippen LogP contribution is 2.30. The molecule has 0 aliphatic carbocycles. The number of carbonyl (C=O) groups excluding carboxylic acids is 1. The van der Waals surface area contributed by atoms with E-state index in [0.717, 1.165) is 29.3 Å². The van der Waals surface area contributed by atoms with Gasteiger partial charge in [0.05, 0.1) is 22.0 Å². The van der Waals surface area contributed by atoms with Crippen LogP contribution < -0.4 is 0 Å². The largest absolute Gasteiger partial charge is 0.351 e. The van der Waals surface area contributed by atoms with Gasteiger partial charge in [-0.05, 0) is 26.0 Å². The van der Waals surface area contributed by atoms with Crippen LogP contribution in [0.2, 0.25) is 0 Å². The number of aryl methyl sites for hydroxylation is 1. The minimum Gasteiger partial charge on any atom is -0.351 e. The smallest absolute Gasteiger partial charge is 0.292 e. The van der Waals surface area contributed by atoms with Crippen LogP contribution in [0, 0.1) is 6.92 Å². The molecular weight excluding hydrogens is 336 g/mol. The maximum atomic E-state index is 12.4. The van der Waals surface area contributed by atoms with E-state index in [1.807, 2.05) is 24.0 Å². The number of hydrogen-bond acceptors (Lipinski definition) is 6. The fourth-order valence-electron chi connectivity index (χ4n) is 3.16. The summed E-state index contributed by atoms with van der Waals surface area (Å²) >= 11 is 1.75. The highest BCUT2D eigenvalue weighted by molar-refractivity contribution is 7.18. The van der Waals surface area contributed by atoms with Gasteiger partial charge >= 0.3 is 0 Å². The van der Waals surface area contributed by atoms with Crippen molar-refractivity contribution in [2.24, 2.45) is 0 Å². The van der Waals surface area contributed by atoms with E-state index in [4.69, 9.17) is 9.51 Å². The molecule has 0 N–H and O–H groups in total. The first kappa shape index (κ1) is 16.2. The van der Waals surface area contributed by atoms with Gasteiger partial charge in [0, 0.05) is 32.2 Å². The molecule has 2 aromatic heterocycles. The lowest BCUT2D eigenvalue weighted by Gasteiger charge is -2.36. The van der Waals surface area contributed by atoms with Crippen molar-refractivity contribution in [1.29, 1.82) is 0 Å². The van der Waals surface area contributed by atoms with Crippen molar-refractivity contribution >= 4 is 27.5 Å². The topological polar surface area (TPSA) is 62.5 Å². The Kier molecular flexibility index (Phi) is 4.27. The van der Waals surface area contributed by atoms with E-state index in [1.165, 1.54) is 4.70 Å². The number of nitrogens with zero attached hydrogens (tertiary/aromatic N) is 4. The van der Waals surface area contributed by atoms with E-state index in [-0.39, 0.29) is 11.9 Å². The molecule has 0 saturated carbocycles. The molecular formula is C18H20N4O2S. The zero-order valence-corrected chi connectivity index (χ0v) is 15.1. The van der Waals surface area contributed by atoms with Gasteiger partial charge in [-0.25, -0.2) is 4.98 Å². The summed E-state index contributed by atoms with van der Waals surface area (Å²) in [6, 6.07) is 10.2. The Labute approximate surface area is 150 Å². The van der Waals surface area contributed by atoms with Crippen LogP contribution in [0.4, 0.5) is 0 Å². The van der Waals surface area contributed by atoms with Crippen LogP contribution in [0.25, 0.3) is 10.2 Å². The van der Waals surface area contributed by atoms with E-state index in [2.05, 4.69) is 29.1 Å². The van der Waals surface area contributed by atoms with Gasteiger partial charge in [-0.1, -0.05) is 17.3 Å². The molecule has 130 valence electrons. The second-order valence-corrected chi connectivity index (χ2v) is 7.42. The van der Waals surface area contributed by atoms with Gasteiger partial charge < -0.3 is 9.42 Å². The zero-order valence-electron chi connectivity index (χ0n) is 14.3. The Morgan fingerprint density at radius 3 is 2.68 bits per heavy atom. The van der Waals surface area contributed by atoms with E-state index in [1.54, 1.807) is 17.4 Å². The summed E-state index contributed by atoms with van der Waals surface area (Å²) in [5, 5.41) is 4.93. The van der Waals surface area contributed by atoms with Crippen LogP contribution in [-0.4, -0.2) is 52.0 Å². The molecule has 4 rings (SSSR count). The van der Waals surface area contributed by atoms with Crippen LogP contribution in [0.3, 0.4) is 0 Å². The zero-order chi connectivity index (χ0) is 17.4. The molecule has 1 atom stereocenters. The third-order valence-electron chi connectivity index (χ3n) is 4.66. The number of amides is 1. The molecule has 0 bridgehead atoms. The van der Waals surface area contributed by atoms with Gasteiger partial charge in [-0.15, -0.1) is 11.3 Å². The first-order valence-electron chi connectivity index (χ1n) is 8.44. The van der Waals surface area contributed by atoms with Gasteiger partial charge in [0.15, 0.2) is 0 Å². The molecule has 1 aliphatic rings. The van der Waals surface area contributed by atoms with Crippen LogP contribution in [-0.2, 0) is 0 Å².